The maximum Gasteiger partial charge on any atom is 0.276 e. The van der Waals surface area contributed by atoms with Gasteiger partial charge in [0.25, 0.3) is 10.1 Å². The molecule has 0 aromatic heterocycles. The van der Waals surface area contributed by atoms with Crippen LogP contribution in [0.15, 0.2) is 0 Å². The average Bonchev–Trinajstić information content (AvgIpc) is 2.61. The van der Waals surface area contributed by atoms with Crippen molar-refractivity contribution in [2.75, 3.05) is 37.9 Å². The fourth-order valence-corrected chi connectivity index (χ4v) is 3.95. The number of carbonyl (C=O) groups is 4. The molecule has 0 fully saturated rings. The number of amides is 2. The van der Waals surface area contributed by atoms with E-state index in [0.717, 1.165) is 12.9 Å². The molecule has 0 aliphatic rings. The lowest BCUT2D eigenvalue weighted by Crippen LogP contribution is -2.45. The molecule has 4 unspecified atom stereocenters. The Morgan fingerprint density at radius 1 is 1.03 bits per heavy atom. The predicted molar refractivity (Wildman–Crippen MR) is 114 cm³/mol. The van der Waals surface area contributed by atoms with E-state index < -0.39 is 74.8 Å². The molecule has 188 valence electrons. The first kappa shape index (κ1) is 32.4. The summed E-state index contributed by atoms with van der Waals surface area (Å²) in [6.07, 6.45) is 0.677. The van der Waals surface area contributed by atoms with Crippen molar-refractivity contribution in [1.82, 2.24) is 10.6 Å². The van der Waals surface area contributed by atoms with Crippen LogP contribution in [0.5, 0.6) is 0 Å². The second kappa shape index (κ2) is 14.4. The van der Waals surface area contributed by atoms with E-state index in [2.05, 4.69) is 5.32 Å². The minimum atomic E-state index is -4.75. The van der Waals surface area contributed by atoms with Crippen LogP contribution in [0.2, 0.25) is 0 Å². The van der Waals surface area contributed by atoms with Crippen LogP contribution in [-0.2, 0) is 43.7 Å². The van der Waals surface area contributed by atoms with E-state index in [1.165, 1.54) is 0 Å². The number of carbonyl (C=O) groups excluding carboxylic acids is 4. The number of sulfone groups is 1. The molecule has 2 amide bonds. The predicted octanol–water partition coefficient (Wildman–Crippen LogP) is -4.15. The van der Waals surface area contributed by atoms with Crippen LogP contribution in [-0.4, -0.2) is 106 Å². The Bertz CT molecular complexity index is 902. The summed E-state index contributed by atoms with van der Waals surface area (Å²) in [4.78, 5) is 51.4. The number of nitrogens with one attached hydrogen (secondary N) is 2. The molecule has 0 bridgehead atoms. The zero-order valence-electron chi connectivity index (χ0n) is 17.4. The monoisotopic (exact) mass is 524 g/mol. The summed E-state index contributed by atoms with van der Waals surface area (Å²) in [5.41, 5.74) is 10.4. The highest BCUT2D eigenvalue weighted by Gasteiger charge is 2.31. The van der Waals surface area contributed by atoms with E-state index in [1.807, 2.05) is 5.32 Å². The van der Waals surface area contributed by atoms with E-state index in [1.54, 1.807) is 0 Å². The third-order valence-electron chi connectivity index (χ3n) is 3.24. The molecular formula is C14H29N4O11PS2. The van der Waals surface area contributed by atoms with Gasteiger partial charge in [0.1, 0.15) is 28.6 Å². The molecular weight excluding hydrogens is 495 g/mol. The zero-order valence-corrected chi connectivity index (χ0v) is 19.9. The molecule has 4 atom stereocenters. The Kier molecular flexibility index (Phi) is 14.6. The molecule has 0 aliphatic carbocycles. The van der Waals surface area contributed by atoms with Crippen molar-refractivity contribution in [2.24, 2.45) is 11.5 Å². The Morgan fingerprint density at radius 2 is 1.47 bits per heavy atom. The smallest absolute Gasteiger partial charge is 0.276 e. The van der Waals surface area contributed by atoms with E-state index in [9.17, 15) is 40.6 Å². The largest absolute Gasteiger partial charge is 0.354 e. The van der Waals surface area contributed by atoms with Gasteiger partial charge < -0.3 is 36.6 Å². The molecule has 0 spiro atoms. The quantitative estimate of drug-likeness (QED) is 0.0759. The second-order valence-electron chi connectivity index (χ2n) is 6.78. The van der Waals surface area contributed by atoms with Gasteiger partial charge in [-0.25, -0.2) is 8.42 Å². The fourth-order valence-electron chi connectivity index (χ4n) is 1.72. The zero-order chi connectivity index (χ0) is 25.8. The van der Waals surface area contributed by atoms with Crippen LogP contribution in [0.1, 0.15) is 6.42 Å². The number of aldehydes is 2. The molecule has 0 radical (unpaired) electrons. The maximum atomic E-state index is 11.5. The minimum Gasteiger partial charge on any atom is -0.354 e. The van der Waals surface area contributed by atoms with Crippen LogP contribution in [0.4, 0.5) is 0 Å². The van der Waals surface area contributed by atoms with Crippen molar-refractivity contribution in [3.63, 3.8) is 0 Å². The van der Waals surface area contributed by atoms with E-state index in [-0.39, 0.29) is 13.1 Å². The molecule has 0 saturated heterocycles. The summed E-state index contributed by atoms with van der Waals surface area (Å²) < 4.78 is 63.5. The van der Waals surface area contributed by atoms with Gasteiger partial charge in [0, 0.05) is 26.0 Å². The summed E-state index contributed by atoms with van der Waals surface area (Å²) in [7, 11) is -11.6. The SMILES string of the molecule is CP(=O)(O)CC(=O)NCC(N)C=O.CS(=O)(=O)CCC(C(=O)NCC(N)C=O)S(=O)(=O)O. The standard InChI is InChI=1S/C8H16N2O7S2.C6H13N2O4P/c1-18(13,14)3-2-7(19(15,16)17)8(12)10-4-6(9)5-11;1-13(11,12)4-6(10)8-2-5(7)3-9/h5-7H,2-4,9H2,1H3,(H,10,12)(H,15,16,17);3,5H,2,4,7H2,1H3,(H,8,10)(H,11,12). The van der Waals surface area contributed by atoms with Crippen molar-refractivity contribution in [3.05, 3.63) is 0 Å². The number of rotatable bonds is 13. The Morgan fingerprint density at radius 3 is 1.81 bits per heavy atom. The van der Waals surface area contributed by atoms with Gasteiger partial charge in [-0.2, -0.15) is 8.42 Å². The van der Waals surface area contributed by atoms with Gasteiger partial charge >= 0.3 is 0 Å². The van der Waals surface area contributed by atoms with Gasteiger partial charge in [0.2, 0.25) is 19.2 Å². The van der Waals surface area contributed by atoms with Crippen LogP contribution in [0, 0.1) is 0 Å². The maximum absolute atomic E-state index is 11.5. The van der Waals surface area contributed by atoms with E-state index >= 15 is 0 Å². The normalized spacial score (nSPS) is 16.2. The van der Waals surface area contributed by atoms with Crippen LogP contribution in [0.3, 0.4) is 0 Å². The summed E-state index contributed by atoms with van der Waals surface area (Å²) in [6.45, 7) is 0.766. The first-order valence-corrected chi connectivity index (χ1v) is 14.6. The summed E-state index contributed by atoms with van der Waals surface area (Å²) in [5.74, 6) is -2.26. The lowest BCUT2D eigenvalue weighted by atomic mass is 10.3. The highest BCUT2D eigenvalue weighted by atomic mass is 32.2. The van der Waals surface area contributed by atoms with Gasteiger partial charge in [-0.15, -0.1) is 0 Å². The molecule has 15 nitrogen and oxygen atoms in total. The molecule has 0 saturated carbocycles. The molecule has 0 heterocycles. The molecule has 0 aromatic rings. The minimum absolute atomic E-state index is 0.0116. The highest BCUT2D eigenvalue weighted by molar-refractivity contribution is 7.90. The van der Waals surface area contributed by atoms with Gasteiger partial charge in [-0.1, -0.05) is 0 Å². The molecule has 32 heavy (non-hydrogen) atoms. The number of hydrogen-bond acceptors (Lipinski definition) is 11. The van der Waals surface area contributed by atoms with Crippen molar-refractivity contribution in [2.45, 2.75) is 23.8 Å². The third kappa shape index (κ3) is 19.0. The topological polar surface area (TPSA) is 270 Å². The average molecular weight is 525 g/mol. The highest BCUT2D eigenvalue weighted by Crippen LogP contribution is 2.33. The molecule has 0 aromatic carbocycles. The second-order valence-corrected chi connectivity index (χ2v) is 13.1. The number of hydrogen-bond donors (Lipinski definition) is 6. The van der Waals surface area contributed by atoms with Crippen LogP contribution in [0.25, 0.3) is 0 Å². The van der Waals surface area contributed by atoms with Crippen molar-refractivity contribution < 1.29 is 50.0 Å². The fraction of sp³-hybridized carbons (Fsp3) is 0.714. The molecule has 18 heteroatoms. The molecule has 8 N–H and O–H groups in total. The van der Waals surface area contributed by atoms with Crippen LogP contribution < -0.4 is 22.1 Å². The van der Waals surface area contributed by atoms with E-state index in [0.29, 0.717) is 12.6 Å². The molecule has 0 aliphatic heterocycles. The molecule has 0 rings (SSSR count). The Labute approximate surface area is 185 Å². The summed E-state index contributed by atoms with van der Waals surface area (Å²) in [5, 5.41) is 2.39. The summed E-state index contributed by atoms with van der Waals surface area (Å²) in [6, 6.07) is -1.78. The summed E-state index contributed by atoms with van der Waals surface area (Å²) >= 11 is 0. The number of nitrogens with two attached hydrogens (primary N) is 2. The first-order chi connectivity index (χ1) is 14.3. The van der Waals surface area contributed by atoms with Gasteiger partial charge in [-0.3, -0.25) is 18.7 Å². The van der Waals surface area contributed by atoms with Gasteiger partial charge in [0.05, 0.1) is 17.8 Å². The lowest BCUT2D eigenvalue weighted by Gasteiger charge is -2.14. The Hall–Kier alpha value is -1.75. The van der Waals surface area contributed by atoms with Crippen molar-refractivity contribution in [1.29, 1.82) is 0 Å². The third-order valence-corrected chi connectivity index (χ3v) is 6.26. The van der Waals surface area contributed by atoms with E-state index in [4.69, 9.17) is 20.9 Å². The first-order valence-electron chi connectivity index (χ1n) is 8.71. The Balaban J connectivity index is 0. The van der Waals surface area contributed by atoms with Gasteiger partial charge in [0.15, 0.2) is 5.25 Å². The lowest BCUT2D eigenvalue weighted by molar-refractivity contribution is -0.121. The van der Waals surface area contributed by atoms with Crippen molar-refractivity contribution >= 4 is 51.7 Å². The van der Waals surface area contributed by atoms with Gasteiger partial charge in [-0.05, 0) is 6.42 Å². The van der Waals surface area contributed by atoms with Crippen molar-refractivity contribution in [3.8, 4) is 0 Å². The van der Waals surface area contributed by atoms with Crippen LogP contribution >= 0.6 is 7.37 Å².